The summed E-state index contributed by atoms with van der Waals surface area (Å²) in [6.45, 7) is 1.66. The Morgan fingerprint density at radius 3 is 2.88 bits per heavy atom. The molecule has 0 unspecified atom stereocenters. The molecule has 84 valence electrons. The van der Waals surface area contributed by atoms with Gasteiger partial charge in [-0.1, -0.05) is 5.16 Å². The predicted molar refractivity (Wildman–Crippen MR) is 54.0 cm³/mol. The summed E-state index contributed by atoms with van der Waals surface area (Å²) in [5.74, 6) is -0.178. The highest BCUT2D eigenvalue weighted by Crippen LogP contribution is 2.29. The minimum atomic E-state index is -0.438. The lowest BCUT2D eigenvalue weighted by molar-refractivity contribution is 0.380. The Bertz CT molecular complexity index is 525. The van der Waals surface area contributed by atoms with Gasteiger partial charge < -0.3 is 15.4 Å². The van der Waals surface area contributed by atoms with Crippen molar-refractivity contribution in [3.8, 4) is 17.1 Å². The molecule has 0 spiro atoms. The van der Waals surface area contributed by atoms with Crippen molar-refractivity contribution in [1.29, 1.82) is 0 Å². The van der Waals surface area contributed by atoms with Crippen molar-refractivity contribution < 1.29 is 14.0 Å². The molecule has 6 heteroatoms. The summed E-state index contributed by atoms with van der Waals surface area (Å²) in [6.07, 6.45) is 0. The van der Waals surface area contributed by atoms with Gasteiger partial charge in [0.1, 0.15) is 11.6 Å². The number of nitrogens with zero attached hydrogens (tertiary/aromatic N) is 2. The number of aromatic hydroxyl groups is 1. The third-order valence-corrected chi connectivity index (χ3v) is 2.16. The third kappa shape index (κ3) is 1.74. The van der Waals surface area contributed by atoms with Crippen LogP contribution >= 0.6 is 0 Å². The number of halogens is 1. The van der Waals surface area contributed by atoms with Gasteiger partial charge in [0, 0.05) is 0 Å². The summed E-state index contributed by atoms with van der Waals surface area (Å²) in [7, 11) is 0. The van der Waals surface area contributed by atoms with Crippen LogP contribution in [0.3, 0.4) is 0 Å². The molecule has 2 rings (SSSR count). The SMILES string of the molecule is Cc1cc(O)c(-c2noc(CN)n2)cc1F. The lowest BCUT2D eigenvalue weighted by atomic mass is 10.1. The minimum absolute atomic E-state index is 0.0942. The first-order chi connectivity index (χ1) is 7.61. The topological polar surface area (TPSA) is 85.2 Å². The maximum atomic E-state index is 13.3. The summed E-state index contributed by atoms with van der Waals surface area (Å²) in [5.41, 5.74) is 5.84. The van der Waals surface area contributed by atoms with Crippen LogP contribution in [0.4, 0.5) is 4.39 Å². The number of nitrogens with two attached hydrogens (primary N) is 1. The van der Waals surface area contributed by atoms with Crippen LogP contribution in [-0.2, 0) is 6.54 Å². The maximum Gasteiger partial charge on any atom is 0.240 e. The molecule has 0 saturated carbocycles. The molecule has 0 atom stereocenters. The van der Waals surface area contributed by atoms with Crippen LogP contribution < -0.4 is 5.73 Å². The zero-order valence-electron chi connectivity index (χ0n) is 8.57. The van der Waals surface area contributed by atoms with Crippen molar-refractivity contribution in [3.63, 3.8) is 0 Å². The standard InChI is InChI=1S/C10H10FN3O2/c1-5-2-8(15)6(3-7(5)11)10-13-9(4-12)16-14-10/h2-3,15H,4,12H2,1H3. The van der Waals surface area contributed by atoms with Gasteiger partial charge in [-0.15, -0.1) is 0 Å². The van der Waals surface area contributed by atoms with E-state index in [1.165, 1.54) is 6.07 Å². The van der Waals surface area contributed by atoms with Gasteiger partial charge >= 0.3 is 0 Å². The molecule has 5 nitrogen and oxygen atoms in total. The highest BCUT2D eigenvalue weighted by Gasteiger charge is 2.14. The average molecular weight is 223 g/mol. The van der Waals surface area contributed by atoms with Crippen molar-refractivity contribution >= 4 is 0 Å². The number of phenolic OH excluding ortho intramolecular Hbond substituents is 1. The highest BCUT2D eigenvalue weighted by molar-refractivity contribution is 5.64. The van der Waals surface area contributed by atoms with Gasteiger partial charge in [-0.25, -0.2) is 4.39 Å². The van der Waals surface area contributed by atoms with Gasteiger partial charge in [0.25, 0.3) is 0 Å². The average Bonchev–Trinajstić information content (AvgIpc) is 2.71. The van der Waals surface area contributed by atoms with Crippen molar-refractivity contribution in [2.45, 2.75) is 13.5 Å². The van der Waals surface area contributed by atoms with Crippen LogP contribution in [0, 0.1) is 12.7 Å². The quantitative estimate of drug-likeness (QED) is 0.802. The van der Waals surface area contributed by atoms with Crippen LogP contribution in [0.2, 0.25) is 0 Å². The van der Waals surface area contributed by atoms with E-state index in [0.29, 0.717) is 5.56 Å². The molecule has 0 amide bonds. The van der Waals surface area contributed by atoms with Gasteiger partial charge in [-0.2, -0.15) is 4.98 Å². The third-order valence-electron chi connectivity index (χ3n) is 2.16. The molecule has 0 aliphatic rings. The first-order valence-electron chi connectivity index (χ1n) is 4.64. The number of phenols is 1. The summed E-state index contributed by atoms with van der Waals surface area (Å²) in [6, 6.07) is 2.47. The van der Waals surface area contributed by atoms with Gasteiger partial charge in [-0.3, -0.25) is 0 Å². The van der Waals surface area contributed by atoms with E-state index < -0.39 is 5.82 Å². The van der Waals surface area contributed by atoms with Crippen LogP contribution in [0.1, 0.15) is 11.5 Å². The highest BCUT2D eigenvalue weighted by atomic mass is 19.1. The Morgan fingerprint density at radius 1 is 1.50 bits per heavy atom. The Morgan fingerprint density at radius 2 is 2.25 bits per heavy atom. The zero-order chi connectivity index (χ0) is 11.7. The molecule has 2 aromatic rings. The molecule has 0 aliphatic heterocycles. The summed E-state index contributed by atoms with van der Waals surface area (Å²) in [5, 5.41) is 13.2. The predicted octanol–water partition coefficient (Wildman–Crippen LogP) is 1.35. The van der Waals surface area contributed by atoms with Gasteiger partial charge in [0.15, 0.2) is 0 Å². The number of hydrogen-bond acceptors (Lipinski definition) is 5. The van der Waals surface area contributed by atoms with E-state index >= 15 is 0 Å². The molecular weight excluding hydrogens is 213 g/mol. The summed E-state index contributed by atoms with van der Waals surface area (Å²) >= 11 is 0. The van der Waals surface area contributed by atoms with Gasteiger partial charge in [0.05, 0.1) is 12.1 Å². The fourth-order valence-corrected chi connectivity index (χ4v) is 1.29. The smallest absolute Gasteiger partial charge is 0.240 e. The Labute approximate surface area is 90.7 Å². The molecule has 1 heterocycles. The van der Waals surface area contributed by atoms with Crippen molar-refractivity contribution in [2.75, 3.05) is 0 Å². The fourth-order valence-electron chi connectivity index (χ4n) is 1.29. The second-order valence-corrected chi connectivity index (χ2v) is 3.33. The van der Waals surface area contributed by atoms with E-state index in [9.17, 15) is 9.50 Å². The molecule has 1 aromatic carbocycles. The van der Waals surface area contributed by atoms with E-state index in [1.807, 2.05) is 0 Å². The van der Waals surface area contributed by atoms with Gasteiger partial charge in [-0.05, 0) is 24.6 Å². The Hall–Kier alpha value is -1.95. The Kier molecular flexibility index (Phi) is 2.57. The molecule has 0 aliphatic carbocycles. The largest absolute Gasteiger partial charge is 0.507 e. The summed E-state index contributed by atoms with van der Waals surface area (Å²) in [4.78, 5) is 3.90. The lowest BCUT2D eigenvalue weighted by Gasteiger charge is -2.02. The lowest BCUT2D eigenvalue weighted by Crippen LogP contribution is -1.95. The second kappa shape index (κ2) is 3.90. The van der Waals surface area contributed by atoms with Crippen molar-refractivity contribution in [1.82, 2.24) is 10.1 Å². The van der Waals surface area contributed by atoms with Crippen LogP contribution in [0.5, 0.6) is 5.75 Å². The van der Waals surface area contributed by atoms with E-state index in [4.69, 9.17) is 10.3 Å². The maximum absolute atomic E-state index is 13.3. The van der Waals surface area contributed by atoms with E-state index in [1.54, 1.807) is 6.92 Å². The zero-order valence-corrected chi connectivity index (χ0v) is 8.57. The fraction of sp³-hybridized carbons (Fsp3) is 0.200. The first-order valence-corrected chi connectivity index (χ1v) is 4.64. The van der Waals surface area contributed by atoms with Crippen LogP contribution in [0.25, 0.3) is 11.4 Å². The van der Waals surface area contributed by atoms with Crippen LogP contribution in [0.15, 0.2) is 16.7 Å². The summed E-state index contributed by atoms with van der Waals surface area (Å²) < 4.78 is 18.1. The molecule has 16 heavy (non-hydrogen) atoms. The Balaban J connectivity index is 2.51. The van der Waals surface area contributed by atoms with Gasteiger partial charge in [0.2, 0.25) is 11.7 Å². The monoisotopic (exact) mass is 223 g/mol. The second-order valence-electron chi connectivity index (χ2n) is 3.33. The minimum Gasteiger partial charge on any atom is -0.507 e. The number of hydrogen-bond donors (Lipinski definition) is 2. The normalized spacial score (nSPS) is 10.7. The van der Waals surface area contributed by atoms with Crippen LogP contribution in [-0.4, -0.2) is 15.2 Å². The molecule has 3 N–H and O–H groups in total. The number of aryl methyl sites for hydroxylation is 1. The molecule has 1 aromatic heterocycles. The first kappa shape index (κ1) is 10.6. The molecule has 0 fully saturated rings. The molecule has 0 saturated heterocycles. The van der Waals surface area contributed by atoms with E-state index in [2.05, 4.69) is 10.1 Å². The van der Waals surface area contributed by atoms with E-state index in [0.717, 1.165) is 6.07 Å². The molecular formula is C10H10FN3O2. The molecule has 0 radical (unpaired) electrons. The van der Waals surface area contributed by atoms with Crippen molar-refractivity contribution in [3.05, 3.63) is 29.4 Å². The van der Waals surface area contributed by atoms with E-state index in [-0.39, 0.29) is 29.6 Å². The number of benzene rings is 1. The number of rotatable bonds is 2. The van der Waals surface area contributed by atoms with Crippen molar-refractivity contribution in [2.24, 2.45) is 5.73 Å². The molecule has 0 bridgehead atoms. The number of aromatic nitrogens is 2.